The molecule has 0 aromatic heterocycles. The van der Waals surface area contributed by atoms with Crippen molar-refractivity contribution >= 4 is 6.09 Å². The average molecular weight is 200 g/mol. The third-order valence-corrected chi connectivity index (χ3v) is 1.49. The van der Waals surface area contributed by atoms with Gasteiger partial charge in [-0.3, -0.25) is 0 Å². The van der Waals surface area contributed by atoms with Crippen LogP contribution in [0.3, 0.4) is 0 Å². The summed E-state index contributed by atoms with van der Waals surface area (Å²) >= 11 is 0. The Morgan fingerprint density at radius 1 is 1.43 bits per heavy atom. The van der Waals surface area contributed by atoms with Crippen molar-refractivity contribution in [2.24, 2.45) is 0 Å². The van der Waals surface area contributed by atoms with Crippen LogP contribution in [0.4, 0.5) is 4.79 Å². The third-order valence-electron chi connectivity index (χ3n) is 1.49. The summed E-state index contributed by atoms with van der Waals surface area (Å²) in [5.41, 5.74) is 0.510. The molecule has 0 aliphatic rings. The maximum atomic E-state index is 11.2. The minimum atomic E-state index is -0.445. The molecule has 0 atom stereocenters. The number of allylic oxidation sites excluding steroid dienone is 1. The summed E-state index contributed by atoms with van der Waals surface area (Å²) in [6, 6.07) is 0. The van der Waals surface area contributed by atoms with Crippen molar-refractivity contribution in [2.75, 3.05) is 13.6 Å². The number of rotatable bonds is 3. The number of nitrogens with one attached hydrogen (secondary N) is 2. The van der Waals surface area contributed by atoms with Crippen LogP contribution in [-0.2, 0) is 4.74 Å². The fraction of sp³-hybridized carbons (Fsp3) is 0.700. The molecule has 0 aromatic rings. The van der Waals surface area contributed by atoms with Gasteiger partial charge in [0.2, 0.25) is 0 Å². The maximum Gasteiger partial charge on any atom is 0.407 e. The second kappa shape index (κ2) is 5.52. The molecule has 0 saturated carbocycles. The number of likely N-dealkylation sites (N-methyl/N-ethyl adjacent to an activating group) is 1. The highest BCUT2D eigenvalue weighted by molar-refractivity contribution is 5.67. The fourth-order valence-electron chi connectivity index (χ4n) is 0.816. The number of hydrogen-bond donors (Lipinski definition) is 2. The molecule has 2 N–H and O–H groups in total. The second-order valence-electron chi connectivity index (χ2n) is 3.92. The Morgan fingerprint density at radius 2 is 2.00 bits per heavy atom. The zero-order chi connectivity index (χ0) is 11.2. The summed E-state index contributed by atoms with van der Waals surface area (Å²) in [5.74, 6) is 0. The summed E-state index contributed by atoms with van der Waals surface area (Å²) in [7, 11) is 1.81. The Hall–Kier alpha value is -1.19. The normalized spacial score (nSPS) is 12.2. The van der Waals surface area contributed by atoms with Gasteiger partial charge in [-0.15, -0.1) is 0 Å². The fourth-order valence-corrected chi connectivity index (χ4v) is 0.816. The van der Waals surface area contributed by atoms with Crippen LogP contribution in [0.1, 0.15) is 27.7 Å². The van der Waals surface area contributed by atoms with Gasteiger partial charge in [0, 0.05) is 12.7 Å². The number of alkyl carbamates (subject to hydrolysis) is 1. The molecule has 82 valence electrons. The number of carbonyl (C=O) groups is 1. The molecular formula is C10H20N2O2. The minimum absolute atomic E-state index is 0.396. The lowest BCUT2D eigenvalue weighted by atomic mass is 10.2. The highest BCUT2D eigenvalue weighted by atomic mass is 16.6. The van der Waals surface area contributed by atoms with E-state index in [2.05, 4.69) is 10.6 Å². The zero-order valence-corrected chi connectivity index (χ0v) is 9.60. The van der Waals surface area contributed by atoms with E-state index >= 15 is 0 Å². The Morgan fingerprint density at radius 3 is 2.36 bits per heavy atom. The average Bonchev–Trinajstić information content (AvgIpc) is 2.03. The van der Waals surface area contributed by atoms with Gasteiger partial charge < -0.3 is 15.4 Å². The van der Waals surface area contributed by atoms with E-state index in [1.54, 1.807) is 0 Å². The van der Waals surface area contributed by atoms with Crippen molar-refractivity contribution in [1.82, 2.24) is 10.6 Å². The van der Waals surface area contributed by atoms with Gasteiger partial charge in [-0.2, -0.15) is 0 Å². The van der Waals surface area contributed by atoms with Crippen molar-refractivity contribution < 1.29 is 9.53 Å². The standard InChI is InChI=1S/C10H20N2O2/c1-6-8(11-5)7-12-9(13)14-10(2,3)4/h6,11H,7H2,1-5H3,(H,12,13)/b8-6-. The van der Waals surface area contributed by atoms with Crippen molar-refractivity contribution in [3.63, 3.8) is 0 Å². The number of amides is 1. The van der Waals surface area contributed by atoms with Crippen molar-refractivity contribution in [2.45, 2.75) is 33.3 Å². The molecule has 0 rings (SSSR count). The molecule has 0 unspecified atom stereocenters. The molecule has 0 fully saturated rings. The molecule has 4 nitrogen and oxygen atoms in total. The molecular weight excluding hydrogens is 180 g/mol. The van der Waals surface area contributed by atoms with Crippen LogP contribution in [0, 0.1) is 0 Å². The zero-order valence-electron chi connectivity index (χ0n) is 9.60. The monoisotopic (exact) mass is 200 g/mol. The topological polar surface area (TPSA) is 50.4 Å². The quantitative estimate of drug-likeness (QED) is 0.728. The van der Waals surface area contributed by atoms with Crippen molar-refractivity contribution in [1.29, 1.82) is 0 Å². The van der Waals surface area contributed by atoms with Gasteiger partial charge in [-0.25, -0.2) is 4.79 Å². The SMILES string of the molecule is C/C=C(/CNC(=O)OC(C)(C)C)NC. The lowest BCUT2D eigenvalue weighted by molar-refractivity contribution is 0.0532. The molecule has 14 heavy (non-hydrogen) atoms. The molecule has 0 spiro atoms. The van der Waals surface area contributed by atoms with Gasteiger partial charge in [0.05, 0.1) is 6.54 Å². The Labute approximate surface area is 85.7 Å². The van der Waals surface area contributed by atoms with E-state index in [0.29, 0.717) is 6.54 Å². The van der Waals surface area contributed by atoms with Crippen LogP contribution in [-0.4, -0.2) is 25.3 Å². The predicted molar refractivity (Wildman–Crippen MR) is 57.1 cm³/mol. The lowest BCUT2D eigenvalue weighted by Crippen LogP contribution is -2.35. The Bertz CT molecular complexity index is 217. The van der Waals surface area contributed by atoms with Gasteiger partial charge >= 0.3 is 6.09 Å². The van der Waals surface area contributed by atoms with Crippen LogP contribution in [0.2, 0.25) is 0 Å². The molecule has 0 radical (unpaired) electrons. The highest BCUT2D eigenvalue weighted by Gasteiger charge is 2.15. The minimum Gasteiger partial charge on any atom is -0.444 e. The van der Waals surface area contributed by atoms with Crippen molar-refractivity contribution in [3.8, 4) is 0 Å². The number of carbonyl (C=O) groups excluding carboxylic acids is 1. The van der Waals surface area contributed by atoms with E-state index in [-0.39, 0.29) is 0 Å². The molecule has 0 bridgehead atoms. The summed E-state index contributed by atoms with van der Waals surface area (Å²) in [5, 5.41) is 5.61. The number of hydrogen-bond acceptors (Lipinski definition) is 3. The summed E-state index contributed by atoms with van der Waals surface area (Å²) in [6.45, 7) is 7.87. The molecule has 1 amide bonds. The summed E-state index contributed by atoms with van der Waals surface area (Å²) in [6.07, 6.45) is 1.50. The van der Waals surface area contributed by atoms with Crippen LogP contribution >= 0.6 is 0 Å². The smallest absolute Gasteiger partial charge is 0.407 e. The Kier molecular flexibility index (Phi) is 5.05. The molecule has 4 heteroatoms. The third kappa shape index (κ3) is 6.34. The summed E-state index contributed by atoms with van der Waals surface area (Å²) < 4.78 is 5.07. The first kappa shape index (κ1) is 12.8. The first-order chi connectivity index (χ1) is 6.39. The van der Waals surface area contributed by atoms with E-state index in [4.69, 9.17) is 4.74 Å². The largest absolute Gasteiger partial charge is 0.444 e. The Balaban J connectivity index is 3.86. The van der Waals surface area contributed by atoms with Crippen LogP contribution in [0.15, 0.2) is 11.8 Å². The molecule has 0 heterocycles. The number of ether oxygens (including phenoxy) is 1. The van der Waals surface area contributed by atoms with Gasteiger partial charge in [0.15, 0.2) is 0 Å². The van der Waals surface area contributed by atoms with Crippen LogP contribution in [0.25, 0.3) is 0 Å². The van der Waals surface area contributed by atoms with Crippen LogP contribution < -0.4 is 10.6 Å². The van der Waals surface area contributed by atoms with Gasteiger partial charge in [0.25, 0.3) is 0 Å². The van der Waals surface area contributed by atoms with Crippen molar-refractivity contribution in [3.05, 3.63) is 11.8 Å². The molecule has 0 aliphatic carbocycles. The maximum absolute atomic E-state index is 11.2. The predicted octanol–water partition coefficient (Wildman–Crippen LogP) is 1.63. The van der Waals surface area contributed by atoms with Gasteiger partial charge in [-0.05, 0) is 27.7 Å². The molecule has 0 saturated heterocycles. The van der Waals surface area contributed by atoms with E-state index in [1.807, 2.05) is 40.8 Å². The summed E-state index contributed by atoms with van der Waals surface area (Å²) in [4.78, 5) is 11.2. The second-order valence-corrected chi connectivity index (χ2v) is 3.92. The molecule has 0 aromatic carbocycles. The lowest BCUT2D eigenvalue weighted by Gasteiger charge is -2.20. The van der Waals surface area contributed by atoms with Gasteiger partial charge in [0.1, 0.15) is 5.60 Å². The molecule has 0 aliphatic heterocycles. The van der Waals surface area contributed by atoms with E-state index in [0.717, 1.165) is 5.70 Å². The highest BCUT2D eigenvalue weighted by Crippen LogP contribution is 2.06. The van der Waals surface area contributed by atoms with E-state index in [9.17, 15) is 4.79 Å². The van der Waals surface area contributed by atoms with Gasteiger partial charge in [-0.1, -0.05) is 6.08 Å². The van der Waals surface area contributed by atoms with E-state index < -0.39 is 11.7 Å². The van der Waals surface area contributed by atoms with Crippen LogP contribution in [0.5, 0.6) is 0 Å². The first-order valence-electron chi connectivity index (χ1n) is 4.69. The van der Waals surface area contributed by atoms with E-state index in [1.165, 1.54) is 0 Å². The first-order valence-corrected chi connectivity index (χ1v) is 4.69.